The largest absolute Gasteiger partial charge is 0.355 e. The van der Waals surface area contributed by atoms with Gasteiger partial charge in [0.05, 0.1) is 18.1 Å². The molecular weight excluding hydrogens is 236 g/mol. The zero-order valence-corrected chi connectivity index (χ0v) is 12.4. The molecule has 0 amide bonds. The van der Waals surface area contributed by atoms with Crippen molar-refractivity contribution in [3.63, 3.8) is 0 Å². The van der Waals surface area contributed by atoms with Crippen LogP contribution in [0.25, 0.3) is 0 Å². The average Bonchev–Trinajstić information content (AvgIpc) is 2.62. The predicted octanol–water partition coefficient (Wildman–Crippen LogP) is 2.60. The Morgan fingerprint density at radius 3 is 2.79 bits per heavy atom. The van der Waals surface area contributed by atoms with Gasteiger partial charge in [0, 0.05) is 25.7 Å². The molecule has 2 heterocycles. The number of rotatable bonds is 4. The van der Waals surface area contributed by atoms with Crippen LogP contribution in [-0.4, -0.2) is 29.1 Å². The van der Waals surface area contributed by atoms with E-state index in [1.165, 1.54) is 19.3 Å². The van der Waals surface area contributed by atoms with Gasteiger partial charge in [-0.1, -0.05) is 20.8 Å². The second kappa shape index (κ2) is 6.85. The number of hydrogen-bond acceptors (Lipinski definition) is 4. The third-order valence-electron chi connectivity index (χ3n) is 3.72. The number of nitrogens with zero attached hydrogens (tertiary/aromatic N) is 3. The van der Waals surface area contributed by atoms with E-state index < -0.39 is 0 Å². The van der Waals surface area contributed by atoms with Crippen LogP contribution in [-0.2, 0) is 6.54 Å². The molecule has 1 N–H and O–H groups in total. The van der Waals surface area contributed by atoms with Crippen LogP contribution in [0.3, 0.4) is 0 Å². The summed E-state index contributed by atoms with van der Waals surface area (Å²) >= 11 is 0. The van der Waals surface area contributed by atoms with Crippen molar-refractivity contribution in [1.82, 2.24) is 15.3 Å². The van der Waals surface area contributed by atoms with Gasteiger partial charge in [-0.05, 0) is 25.2 Å². The first-order valence-electron chi connectivity index (χ1n) is 7.44. The van der Waals surface area contributed by atoms with Crippen LogP contribution < -0.4 is 10.2 Å². The van der Waals surface area contributed by atoms with E-state index in [4.69, 9.17) is 0 Å². The van der Waals surface area contributed by atoms with Crippen LogP contribution in [0, 0.1) is 5.92 Å². The summed E-state index contributed by atoms with van der Waals surface area (Å²) in [5, 5.41) is 3.36. The Morgan fingerprint density at radius 2 is 2.11 bits per heavy atom. The van der Waals surface area contributed by atoms with Crippen molar-refractivity contribution in [2.24, 2.45) is 5.92 Å². The molecule has 4 heteroatoms. The minimum atomic E-state index is 0.480. The molecule has 0 aromatic carbocycles. The number of hydrogen-bond donors (Lipinski definition) is 1. The van der Waals surface area contributed by atoms with E-state index >= 15 is 0 Å². The monoisotopic (exact) mass is 262 g/mol. The highest BCUT2D eigenvalue weighted by Crippen LogP contribution is 2.20. The second-order valence-electron chi connectivity index (χ2n) is 5.92. The first-order valence-corrected chi connectivity index (χ1v) is 7.44. The molecule has 0 spiro atoms. The van der Waals surface area contributed by atoms with Crippen molar-refractivity contribution in [3.05, 3.63) is 18.1 Å². The highest BCUT2D eigenvalue weighted by Gasteiger charge is 2.15. The highest BCUT2D eigenvalue weighted by atomic mass is 15.2. The Kier molecular flexibility index (Phi) is 5.14. The quantitative estimate of drug-likeness (QED) is 0.905. The molecule has 4 nitrogen and oxygen atoms in total. The smallest absolute Gasteiger partial charge is 0.147 e. The van der Waals surface area contributed by atoms with Crippen molar-refractivity contribution in [2.75, 3.05) is 18.0 Å². The van der Waals surface area contributed by atoms with Crippen LogP contribution >= 0.6 is 0 Å². The summed E-state index contributed by atoms with van der Waals surface area (Å²) in [6.45, 7) is 9.64. The lowest BCUT2D eigenvalue weighted by molar-refractivity contribution is 0.521. The molecule has 19 heavy (non-hydrogen) atoms. The molecule has 1 fully saturated rings. The standard InChI is InChI=1S/C15H26N4/c1-12(2)16-9-14-10-18-15(11-17-14)19-7-4-5-13(3)6-8-19/h10-13,16H,4-9H2,1-3H3. The molecule has 1 aromatic heterocycles. The summed E-state index contributed by atoms with van der Waals surface area (Å²) in [4.78, 5) is 11.5. The lowest BCUT2D eigenvalue weighted by atomic mass is 10.0. The molecule has 2 rings (SSSR count). The SMILES string of the molecule is CC1CCCN(c2cnc(CNC(C)C)cn2)CC1. The lowest BCUT2D eigenvalue weighted by Crippen LogP contribution is -2.26. The van der Waals surface area contributed by atoms with Gasteiger partial charge in [0.2, 0.25) is 0 Å². The van der Waals surface area contributed by atoms with E-state index in [1.54, 1.807) is 0 Å². The summed E-state index contributed by atoms with van der Waals surface area (Å²) in [5.74, 6) is 1.87. The van der Waals surface area contributed by atoms with Crippen molar-refractivity contribution < 1.29 is 0 Å². The van der Waals surface area contributed by atoms with Crippen LogP contribution in [0.15, 0.2) is 12.4 Å². The third-order valence-corrected chi connectivity index (χ3v) is 3.72. The zero-order valence-electron chi connectivity index (χ0n) is 12.4. The van der Waals surface area contributed by atoms with Gasteiger partial charge in [-0.2, -0.15) is 0 Å². The van der Waals surface area contributed by atoms with Crippen molar-refractivity contribution >= 4 is 5.82 Å². The van der Waals surface area contributed by atoms with Gasteiger partial charge in [0.25, 0.3) is 0 Å². The van der Waals surface area contributed by atoms with E-state index in [2.05, 4.69) is 41.0 Å². The molecule has 0 saturated carbocycles. The molecule has 1 unspecified atom stereocenters. The molecule has 1 aromatic rings. The van der Waals surface area contributed by atoms with E-state index in [1.807, 2.05) is 12.4 Å². The highest BCUT2D eigenvalue weighted by molar-refractivity contribution is 5.35. The fraction of sp³-hybridized carbons (Fsp3) is 0.733. The summed E-state index contributed by atoms with van der Waals surface area (Å²) < 4.78 is 0. The van der Waals surface area contributed by atoms with Crippen LogP contribution in [0.2, 0.25) is 0 Å². The first-order chi connectivity index (χ1) is 9.15. The van der Waals surface area contributed by atoms with Crippen LogP contribution in [0.1, 0.15) is 45.7 Å². The molecule has 0 aliphatic carbocycles. The van der Waals surface area contributed by atoms with Gasteiger partial charge in [0.1, 0.15) is 5.82 Å². The van der Waals surface area contributed by atoms with Gasteiger partial charge >= 0.3 is 0 Å². The Morgan fingerprint density at radius 1 is 1.26 bits per heavy atom. The molecule has 1 aliphatic heterocycles. The number of aromatic nitrogens is 2. The predicted molar refractivity (Wildman–Crippen MR) is 79.2 cm³/mol. The Bertz CT molecular complexity index is 374. The van der Waals surface area contributed by atoms with Crippen LogP contribution in [0.4, 0.5) is 5.82 Å². The molecular formula is C15H26N4. The molecule has 1 saturated heterocycles. The van der Waals surface area contributed by atoms with Gasteiger partial charge in [-0.15, -0.1) is 0 Å². The number of nitrogens with one attached hydrogen (secondary N) is 1. The molecule has 0 radical (unpaired) electrons. The van der Waals surface area contributed by atoms with Crippen molar-refractivity contribution in [1.29, 1.82) is 0 Å². The first kappa shape index (κ1) is 14.3. The van der Waals surface area contributed by atoms with Gasteiger partial charge in [-0.25, -0.2) is 4.98 Å². The Balaban J connectivity index is 1.93. The number of anilines is 1. The van der Waals surface area contributed by atoms with Gasteiger partial charge in [0.15, 0.2) is 0 Å². The second-order valence-corrected chi connectivity index (χ2v) is 5.92. The van der Waals surface area contributed by atoms with E-state index in [0.717, 1.165) is 37.1 Å². The maximum atomic E-state index is 4.57. The molecule has 1 atom stereocenters. The topological polar surface area (TPSA) is 41.1 Å². The summed E-state index contributed by atoms with van der Waals surface area (Å²) in [6, 6.07) is 0.480. The van der Waals surface area contributed by atoms with Gasteiger partial charge in [-0.3, -0.25) is 4.98 Å². The fourth-order valence-electron chi connectivity index (χ4n) is 2.40. The normalized spacial score (nSPS) is 20.6. The zero-order chi connectivity index (χ0) is 13.7. The van der Waals surface area contributed by atoms with E-state index in [-0.39, 0.29) is 0 Å². The maximum Gasteiger partial charge on any atom is 0.147 e. The Hall–Kier alpha value is -1.16. The molecule has 106 valence electrons. The van der Waals surface area contributed by atoms with E-state index in [9.17, 15) is 0 Å². The average molecular weight is 262 g/mol. The van der Waals surface area contributed by atoms with Gasteiger partial charge < -0.3 is 10.2 Å². The molecule has 1 aliphatic rings. The minimum Gasteiger partial charge on any atom is -0.355 e. The van der Waals surface area contributed by atoms with Crippen molar-refractivity contribution in [2.45, 2.75) is 52.6 Å². The summed E-state index contributed by atoms with van der Waals surface area (Å²) in [5.41, 5.74) is 1.01. The fourth-order valence-corrected chi connectivity index (χ4v) is 2.40. The third kappa shape index (κ3) is 4.46. The minimum absolute atomic E-state index is 0.480. The molecule has 0 bridgehead atoms. The summed E-state index contributed by atoms with van der Waals surface area (Å²) in [6.07, 6.45) is 7.69. The lowest BCUT2D eigenvalue weighted by Gasteiger charge is -2.21. The summed E-state index contributed by atoms with van der Waals surface area (Å²) in [7, 11) is 0. The maximum absolute atomic E-state index is 4.57. The van der Waals surface area contributed by atoms with E-state index in [0.29, 0.717) is 6.04 Å². The Labute approximate surface area is 116 Å². The van der Waals surface area contributed by atoms with Crippen LogP contribution in [0.5, 0.6) is 0 Å². The van der Waals surface area contributed by atoms with Crippen molar-refractivity contribution in [3.8, 4) is 0 Å².